The Morgan fingerprint density at radius 1 is 1.08 bits per heavy atom. The molecule has 0 bridgehead atoms. The first-order valence-electron chi connectivity index (χ1n) is 12.0. The number of anilines is 1. The molecule has 10 heteroatoms. The normalized spacial score (nSPS) is 13.9. The number of benzene rings is 2. The summed E-state index contributed by atoms with van der Waals surface area (Å²) in [6, 6.07) is 14.1. The highest BCUT2D eigenvalue weighted by Crippen LogP contribution is 2.29. The molecular formula is C27H25F2N5O3. The molecular weight excluding hydrogens is 480 g/mol. The van der Waals surface area contributed by atoms with Crippen molar-refractivity contribution in [2.24, 2.45) is 5.92 Å². The predicted octanol–water partition coefficient (Wildman–Crippen LogP) is 4.79. The van der Waals surface area contributed by atoms with Gasteiger partial charge in [-0.3, -0.25) is 9.89 Å². The zero-order valence-corrected chi connectivity index (χ0v) is 19.9. The Kier molecular flexibility index (Phi) is 7.46. The summed E-state index contributed by atoms with van der Waals surface area (Å²) in [6.07, 6.45) is 3.52. The summed E-state index contributed by atoms with van der Waals surface area (Å²) in [5, 5.41) is 9.20. The van der Waals surface area contributed by atoms with Crippen LogP contribution in [-0.2, 0) is 11.2 Å². The number of carbonyl (C=O) groups is 1. The molecule has 5 rings (SSSR count). The van der Waals surface area contributed by atoms with Crippen LogP contribution in [0.15, 0.2) is 60.8 Å². The van der Waals surface area contributed by atoms with Gasteiger partial charge in [0.15, 0.2) is 0 Å². The zero-order chi connectivity index (χ0) is 25.6. The number of aromatic nitrogens is 4. The molecule has 3 heterocycles. The average molecular weight is 506 g/mol. The predicted molar refractivity (Wildman–Crippen MR) is 132 cm³/mol. The van der Waals surface area contributed by atoms with E-state index in [4.69, 9.17) is 9.47 Å². The highest BCUT2D eigenvalue weighted by atomic mass is 19.1. The summed E-state index contributed by atoms with van der Waals surface area (Å²) in [5.74, 6) is 0.0153. The Morgan fingerprint density at radius 3 is 2.76 bits per heavy atom. The van der Waals surface area contributed by atoms with Gasteiger partial charge in [0.2, 0.25) is 5.82 Å². The molecule has 0 saturated carbocycles. The van der Waals surface area contributed by atoms with Crippen molar-refractivity contribution in [3.05, 3.63) is 89.6 Å². The number of halogens is 2. The number of H-pyrrole nitrogens is 1. The Morgan fingerprint density at radius 2 is 1.92 bits per heavy atom. The van der Waals surface area contributed by atoms with Gasteiger partial charge in [0, 0.05) is 31.4 Å². The van der Waals surface area contributed by atoms with Crippen LogP contribution in [-0.4, -0.2) is 45.9 Å². The van der Waals surface area contributed by atoms with Crippen molar-refractivity contribution in [1.82, 2.24) is 20.2 Å². The van der Waals surface area contributed by atoms with E-state index in [1.807, 2.05) is 0 Å². The number of aromatic amines is 1. The molecule has 0 radical (unpaired) electrons. The molecule has 1 aliphatic rings. The van der Waals surface area contributed by atoms with Crippen LogP contribution in [0, 0.1) is 17.6 Å². The molecule has 0 spiro atoms. The second kappa shape index (κ2) is 11.3. The van der Waals surface area contributed by atoms with E-state index in [2.05, 4.69) is 25.5 Å². The third-order valence-corrected chi connectivity index (χ3v) is 6.13. The van der Waals surface area contributed by atoms with Crippen molar-refractivity contribution < 1.29 is 23.0 Å². The van der Waals surface area contributed by atoms with Gasteiger partial charge in [-0.05, 0) is 66.3 Å². The van der Waals surface area contributed by atoms with Crippen molar-refractivity contribution >= 4 is 11.7 Å². The first kappa shape index (κ1) is 24.5. The number of ether oxygens (including phenoxy) is 2. The summed E-state index contributed by atoms with van der Waals surface area (Å²) < 4.78 is 39.9. The van der Waals surface area contributed by atoms with Crippen LogP contribution in [0.2, 0.25) is 0 Å². The first-order chi connectivity index (χ1) is 18.0. The molecule has 1 amide bonds. The summed E-state index contributed by atoms with van der Waals surface area (Å²) in [5.41, 5.74) is 1.28. The second-order valence-electron chi connectivity index (χ2n) is 8.77. The van der Waals surface area contributed by atoms with Crippen LogP contribution in [0.4, 0.5) is 14.6 Å². The van der Waals surface area contributed by atoms with E-state index >= 15 is 0 Å². The van der Waals surface area contributed by atoms with Gasteiger partial charge in [0.1, 0.15) is 29.0 Å². The lowest BCUT2D eigenvalue weighted by molar-refractivity contribution is 0.0497. The summed E-state index contributed by atoms with van der Waals surface area (Å²) >= 11 is 0. The Balaban J connectivity index is 1.26. The van der Waals surface area contributed by atoms with Crippen LogP contribution >= 0.6 is 0 Å². The van der Waals surface area contributed by atoms with Crippen LogP contribution in [0.5, 0.6) is 5.75 Å². The van der Waals surface area contributed by atoms with Crippen molar-refractivity contribution in [3.8, 4) is 16.9 Å². The van der Waals surface area contributed by atoms with Gasteiger partial charge in [-0.15, -0.1) is 5.10 Å². The number of nitrogens with zero attached hydrogens (tertiary/aromatic N) is 3. The van der Waals surface area contributed by atoms with Gasteiger partial charge >= 0.3 is 0 Å². The molecule has 0 unspecified atom stereocenters. The van der Waals surface area contributed by atoms with Crippen LogP contribution in [0.1, 0.15) is 34.8 Å². The SMILES string of the molecule is O=C(Nc1cc(-c2cc(OCC3CCOCC3)ccc2F)ccn1)c1n[nH]c(Cc2ccccc2F)n1. The number of hydrogen-bond acceptors (Lipinski definition) is 6. The van der Waals surface area contributed by atoms with Crippen molar-refractivity contribution in [1.29, 1.82) is 0 Å². The second-order valence-corrected chi connectivity index (χ2v) is 8.77. The van der Waals surface area contributed by atoms with E-state index in [0.29, 0.717) is 40.8 Å². The Labute approximate surface area is 212 Å². The highest BCUT2D eigenvalue weighted by Gasteiger charge is 2.17. The molecule has 2 aromatic carbocycles. The number of hydrogen-bond donors (Lipinski definition) is 2. The Hall–Kier alpha value is -4.18. The molecule has 0 atom stereocenters. The van der Waals surface area contributed by atoms with Crippen LogP contribution in [0.3, 0.4) is 0 Å². The van der Waals surface area contributed by atoms with E-state index in [0.717, 1.165) is 26.1 Å². The van der Waals surface area contributed by atoms with Crippen molar-refractivity contribution in [2.45, 2.75) is 19.3 Å². The van der Waals surface area contributed by atoms with E-state index in [1.54, 1.807) is 42.5 Å². The third-order valence-electron chi connectivity index (χ3n) is 6.13. The molecule has 4 aromatic rings. The fraction of sp³-hybridized carbons (Fsp3) is 0.259. The van der Waals surface area contributed by atoms with Gasteiger partial charge in [0.05, 0.1) is 6.61 Å². The highest BCUT2D eigenvalue weighted by molar-refractivity contribution is 6.01. The Bertz CT molecular complexity index is 1390. The standard InChI is InChI=1S/C27H25F2N5O3/c28-22-4-2-1-3-19(22)14-25-31-26(34-33-25)27(35)32-24-13-18(7-10-30-24)21-15-20(5-6-23(21)29)37-16-17-8-11-36-12-9-17/h1-7,10,13,15,17H,8-9,11-12,14,16H2,(H,30,32,35)(H,31,33,34). The maximum absolute atomic E-state index is 14.7. The maximum Gasteiger partial charge on any atom is 0.296 e. The fourth-order valence-electron chi connectivity index (χ4n) is 4.08. The van der Waals surface area contributed by atoms with Crippen molar-refractivity contribution in [2.75, 3.05) is 25.1 Å². The molecule has 2 N–H and O–H groups in total. The van der Waals surface area contributed by atoms with Gasteiger partial charge in [-0.2, -0.15) is 0 Å². The van der Waals surface area contributed by atoms with Gasteiger partial charge in [-0.25, -0.2) is 18.7 Å². The number of amides is 1. The smallest absolute Gasteiger partial charge is 0.296 e. The van der Waals surface area contributed by atoms with Gasteiger partial charge < -0.3 is 14.8 Å². The largest absolute Gasteiger partial charge is 0.493 e. The average Bonchev–Trinajstić information content (AvgIpc) is 3.39. The number of pyridine rings is 1. The number of nitrogens with one attached hydrogen (secondary N) is 2. The number of rotatable bonds is 8. The molecule has 2 aromatic heterocycles. The minimum atomic E-state index is -0.602. The van der Waals surface area contributed by atoms with E-state index in [1.165, 1.54) is 18.3 Å². The minimum Gasteiger partial charge on any atom is -0.493 e. The fourth-order valence-corrected chi connectivity index (χ4v) is 4.08. The van der Waals surface area contributed by atoms with Gasteiger partial charge in [-0.1, -0.05) is 18.2 Å². The quantitative estimate of drug-likeness (QED) is 0.357. The molecule has 1 aliphatic heterocycles. The number of carbonyl (C=O) groups excluding carboxylic acids is 1. The van der Waals surface area contributed by atoms with E-state index < -0.39 is 11.7 Å². The monoisotopic (exact) mass is 505 g/mol. The van der Waals surface area contributed by atoms with E-state index in [9.17, 15) is 13.6 Å². The molecule has 8 nitrogen and oxygen atoms in total. The van der Waals surface area contributed by atoms with Crippen molar-refractivity contribution in [3.63, 3.8) is 0 Å². The molecule has 1 fully saturated rings. The first-order valence-corrected chi connectivity index (χ1v) is 12.0. The lowest BCUT2D eigenvalue weighted by Gasteiger charge is -2.22. The molecule has 37 heavy (non-hydrogen) atoms. The minimum absolute atomic E-state index is 0.117. The van der Waals surface area contributed by atoms with Crippen LogP contribution < -0.4 is 10.1 Å². The van der Waals surface area contributed by atoms with Gasteiger partial charge in [0.25, 0.3) is 5.91 Å². The summed E-state index contributed by atoms with van der Waals surface area (Å²) in [4.78, 5) is 21.0. The molecule has 0 aliphatic carbocycles. The summed E-state index contributed by atoms with van der Waals surface area (Å²) in [6.45, 7) is 2.01. The summed E-state index contributed by atoms with van der Waals surface area (Å²) in [7, 11) is 0. The maximum atomic E-state index is 14.7. The van der Waals surface area contributed by atoms with E-state index in [-0.39, 0.29) is 23.9 Å². The van der Waals surface area contributed by atoms with Crippen LogP contribution in [0.25, 0.3) is 11.1 Å². The molecule has 1 saturated heterocycles. The molecule has 190 valence electrons. The zero-order valence-electron chi connectivity index (χ0n) is 19.9. The lowest BCUT2D eigenvalue weighted by Crippen LogP contribution is -2.21. The topological polar surface area (TPSA) is 102 Å². The third kappa shape index (κ3) is 6.15. The lowest BCUT2D eigenvalue weighted by atomic mass is 10.0.